The van der Waals surface area contributed by atoms with Crippen LogP contribution in [-0.4, -0.2) is 28.9 Å². The third-order valence-electron chi connectivity index (χ3n) is 3.19. The summed E-state index contributed by atoms with van der Waals surface area (Å²) in [5.41, 5.74) is 0.817. The van der Waals surface area contributed by atoms with Gasteiger partial charge in [0.2, 0.25) is 5.96 Å². The Morgan fingerprint density at radius 1 is 1.04 bits per heavy atom. The molecule has 0 aliphatic carbocycles. The smallest absolute Gasteiger partial charge is 0.437 e. The first-order chi connectivity index (χ1) is 13.2. The van der Waals surface area contributed by atoms with Gasteiger partial charge in [0.1, 0.15) is 18.0 Å². The molecule has 2 amide bonds. The second-order valence-electron chi connectivity index (χ2n) is 6.79. The molecule has 0 radical (unpaired) electrons. The van der Waals surface area contributed by atoms with Gasteiger partial charge in [-0.1, -0.05) is 30.3 Å². The Kier molecular flexibility index (Phi) is 6.97. The van der Waals surface area contributed by atoms with Crippen molar-refractivity contribution in [1.82, 2.24) is 5.32 Å². The molecule has 2 rings (SSSR count). The van der Waals surface area contributed by atoms with Crippen LogP contribution in [0, 0.1) is 0 Å². The van der Waals surface area contributed by atoms with Crippen LogP contribution in [0.25, 0.3) is 0 Å². The van der Waals surface area contributed by atoms with Gasteiger partial charge in [0, 0.05) is 5.69 Å². The summed E-state index contributed by atoms with van der Waals surface area (Å²) < 4.78 is 10.8. The monoisotopic (exact) mass is 385 g/mol. The van der Waals surface area contributed by atoms with Gasteiger partial charge >= 0.3 is 12.2 Å². The number of benzene rings is 2. The van der Waals surface area contributed by atoms with E-state index >= 15 is 0 Å². The molecule has 0 bridgehead atoms. The van der Waals surface area contributed by atoms with E-state index in [9.17, 15) is 9.59 Å². The van der Waals surface area contributed by atoms with Crippen molar-refractivity contribution in [3.05, 3.63) is 60.2 Å². The number of amides is 2. The molecule has 28 heavy (non-hydrogen) atoms. The Bertz CT molecular complexity index is 827. The number of carboxylic acid groups (broad SMARTS) is 1. The number of nitrogens with one attached hydrogen (secondary N) is 2. The molecular weight excluding hydrogens is 362 g/mol. The highest BCUT2D eigenvalue weighted by Gasteiger charge is 2.17. The summed E-state index contributed by atoms with van der Waals surface area (Å²) in [5.74, 6) is 0.380. The van der Waals surface area contributed by atoms with Gasteiger partial charge in [0.05, 0.1) is 0 Å². The first-order valence-electron chi connectivity index (χ1n) is 8.57. The molecule has 0 aliphatic rings. The van der Waals surface area contributed by atoms with Gasteiger partial charge in [-0.05, 0) is 50.6 Å². The zero-order valence-corrected chi connectivity index (χ0v) is 15.9. The summed E-state index contributed by atoms with van der Waals surface area (Å²) in [5, 5.41) is 13.7. The lowest BCUT2D eigenvalue weighted by Crippen LogP contribution is -2.36. The number of rotatable bonds is 4. The SMILES string of the molecule is CC(C)(C)OC(=O)N=C(NC(=O)O)Nc1ccc(OCc2ccccc2)cc1. The third-order valence-corrected chi connectivity index (χ3v) is 3.19. The lowest BCUT2D eigenvalue weighted by atomic mass is 10.2. The van der Waals surface area contributed by atoms with E-state index in [1.807, 2.05) is 35.6 Å². The standard InChI is InChI=1S/C20H23N3O5/c1-20(2,3)28-19(26)23-17(22-18(24)25)21-15-9-11-16(12-10-15)27-13-14-7-5-4-6-8-14/h4-12H,13H2,1-3H3,(H,24,25)(H2,21,22,23,26). The van der Waals surface area contributed by atoms with Gasteiger partial charge < -0.3 is 19.9 Å². The Hall–Kier alpha value is -3.55. The number of ether oxygens (including phenoxy) is 2. The van der Waals surface area contributed by atoms with E-state index in [0.29, 0.717) is 18.0 Å². The van der Waals surface area contributed by atoms with E-state index in [2.05, 4.69) is 10.3 Å². The molecule has 0 saturated carbocycles. The number of nitrogens with zero attached hydrogens (tertiary/aromatic N) is 1. The van der Waals surface area contributed by atoms with Crippen molar-refractivity contribution in [2.24, 2.45) is 4.99 Å². The summed E-state index contributed by atoms with van der Waals surface area (Å²) in [6, 6.07) is 16.5. The Morgan fingerprint density at radius 2 is 1.68 bits per heavy atom. The summed E-state index contributed by atoms with van der Waals surface area (Å²) in [6.45, 7) is 5.49. The predicted molar refractivity (Wildman–Crippen MR) is 106 cm³/mol. The molecular formula is C20H23N3O5. The maximum Gasteiger partial charge on any atom is 0.437 e. The molecule has 0 fully saturated rings. The second-order valence-corrected chi connectivity index (χ2v) is 6.79. The minimum absolute atomic E-state index is 0.264. The maximum atomic E-state index is 11.8. The summed E-state index contributed by atoms with van der Waals surface area (Å²) >= 11 is 0. The van der Waals surface area contributed by atoms with Crippen LogP contribution >= 0.6 is 0 Å². The minimum atomic E-state index is -1.36. The molecule has 0 atom stereocenters. The molecule has 148 valence electrons. The fourth-order valence-corrected chi connectivity index (χ4v) is 2.08. The summed E-state index contributed by atoms with van der Waals surface area (Å²) in [4.78, 5) is 26.4. The average Bonchev–Trinajstić information content (AvgIpc) is 2.59. The summed E-state index contributed by atoms with van der Waals surface area (Å²) in [7, 11) is 0. The fraction of sp³-hybridized carbons (Fsp3) is 0.250. The van der Waals surface area contributed by atoms with Crippen molar-refractivity contribution < 1.29 is 24.2 Å². The Morgan fingerprint density at radius 3 is 2.25 bits per heavy atom. The molecule has 2 aromatic carbocycles. The topological polar surface area (TPSA) is 109 Å². The zero-order chi connectivity index (χ0) is 20.6. The Balaban J connectivity index is 2.01. The molecule has 8 heteroatoms. The number of carbonyl (C=O) groups excluding carboxylic acids is 1. The number of anilines is 1. The van der Waals surface area contributed by atoms with Gasteiger partial charge in [-0.25, -0.2) is 9.59 Å². The third kappa shape index (κ3) is 7.77. The van der Waals surface area contributed by atoms with Gasteiger partial charge in [0.25, 0.3) is 0 Å². The first-order valence-corrected chi connectivity index (χ1v) is 8.57. The molecule has 0 heterocycles. The molecule has 3 N–H and O–H groups in total. The predicted octanol–water partition coefficient (Wildman–Crippen LogP) is 4.24. The number of hydrogen-bond donors (Lipinski definition) is 3. The van der Waals surface area contributed by atoms with Crippen molar-refractivity contribution in [2.45, 2.75) is 33.0 Å². The van der Waals surface area contributed by atoms with Crippen molar-refractivity contribution >= 4 is 23.8 Å². The van der Waals surface area contributed by atoms with Crippen LogP contribution in [0.2, 0.25) is 0 Å². The minimum Gasteiger partial charge on any atom is -0.489 e. The largest absolute Gasteiger partial charge is 0.489 e. The van der Waals surface area contributed by atoms with Gasteiger partial charge in [-0.2, -0.15) is 0 Å². The van der Waals surface area contributed by atoms with Crippen LogP contribution in [-0.2, 0) is 11.3 Å². The van der Waals surface area contributed by atoms with E-state index in [4.69, 9.17) is 14.6 Å². The van der Waals surface area contributed by atoms with Gasteiger partial charge in [0.15, 0.2) is 0 Å². The van der Waals surface area contributed by atoms with Crippen LogP contribution in [0.3, 0.4) is 0 Å². The molecule has 0 aromatic heterocycles. The average molecular weight is 385 g/mol. The van der Waals surface area contributed by atoms with Crippen LogP contribution in [0.1, 0.15) is 26.3 Å². The number of guanidine groups is 1. The van der Waals surface area contributed by atoms with Gasteiger partial charge in [-0.15, -0.1) is 4.99 Å². The first kappa shape index (κ1) is 20.8. The molecule has 0 aliphatic heterocycles. The molecule has 0 saturated heterocycles. The van der Waals surface area contributed by atoms with E-state index in [1.165, 1.54) is 0 Å². The van der Waals surface area contributed by atoms with E-state index in [0.717, 1.165) is 5.56 Å². The second kappa shape index (κ2) is 9.40. The van der Waals surface area contributed by atoms with Gasteiger partial charge in [-0.3, -0.25) is 5.32 Å². The van der Waals surface area contributed by atoms with Crippen LogP contribution in [0.5, 0.6) is 5.75 Å². The number of aliphatic imine (C=N–C) groups is 1. The van der Waals surface area contributed by atoms with Crippen LogP contribution < -0.4 is 15.4 Å². The van der Waals surface area contributed by atoms with Crippen LogP contribution in [0.4, 0.5) is 15.3 Å². The zero-order valence-electron chi connectivity index (χ0n) is 15.9. The highest BCUT2D eigenvalue weighted by atomic mass is 16.6. The van der Waals surface area contributed by atoms with E-state index in [1.54, 1.807) is 45.0 Å². The lowest BCUT2D eigenvalue weighted by Gasteiger charge is -2.18. The van der Waals surface area contributed by atoms with Crippen molar-refractivity contribution in [3.8, 4) is 5.75 Å². The van der Waals surface area contributed by atoms with Crippen LogP contribution in [0.15, 0.2) is 59.6 Å². The molecule has 8 nitrogen and oxygen atoms in total. The Labute approximate surface area is 163 Å². The number of carbonyl (C=O) groups is 2. The molecule has 0 unspecified atom stereocenters. The maximum absolute atomic E-state index is 11.8. The normalized spacial score (nSPS) is 11.5. The van der Waals surface area contributed by atoms with Crippen molar-refractivity contribution in [3.63, 3.8) is 0 Å². The van der Waals surface area contributed by atoms with Crippen molar-refractivity contribution in [1.29, 1.82) is 0 Å². The molecule has 2 aromatic rings. The van der Waals surface area contributed by atoms with Crippen molar-refractivity contribution in [2.75, 3.05) is 5.32 Å². The lowest BCUT2D eigenvalue weighted by molar-refractivity contribution is 0.0604. The highest BCUT2D eigenvalue weighted by Crippen LogP contribution is 2.17. The quantitative estimate of drug-likeness (QED) is 0.537. The highest BCUT2D eigenvalue weighted by molar-refractivity contribution is 6.05. The summed E-state index contributed by atoms with van der Waals surface area (Å²) in [6.07, 6.45) is -2.27. The van der Waals surface area contributed by atoms with E-state index in [-0.39, 0.29) is 5.96 Å². The molecule has 0 spiro atoms. The van der Waals surface area contributed by atoms with E-state index < -0.39 is 17.8 Å². The fourth-order valence-electron chi connectivity index (χ4n) is 2.08. The number of hydrogen-bond acceptors (Lipinski definition) is 4.